The zero-order valence-electron chi connectivity index (χ0n) is 18.0. The first-order chi connectivity index (χ1) is 14.8. The fraction of sp³-hybridized carbons (Fsp3) is 0.304. The van der Waals surface area contributed by atoms with Crippen molar-refractivity contribution in [2.45, 2.75) is 27.7 Å². The van der Waals surface area contributed by atoms with Gasteiger partial charge in [-0.2, -0.15) is 0 Å². The molecule has 2 heterocycles. The molecule has 0 saturated heterocycles. The lowest BCUT2D eigenvalue weighted by Crippen LogP contribution is -2.17. The molecule has 0 aliphatic rings. The van der Waals surface area contributed by atoms with Gasteiger partial charge in [0.05, 0.1) is 42.8 Å². The maximum atomic E-state index is 12.9. The Labute approximate surface area is 185 Å². The average Bonchev–Trinajstić information content (AvgIpc) is 2.72. The highest BCUT2D eigenvalue weighted by atomic mass is 35.5. The van der Waals surface area contributed by atoms with Gasteiger partial charge in [-0.1, -0.05) is 23.7 Å². The van der Waals surface area contributed by atoms with Gasteiger partial charge in [-0.25, -0.2) is 14.6 Å². The second-order valence-corrected chi connectivity index (χ2v) is 7.07. The van der Waals surface area contributed by atoms with Crippen molar-refractivity contribution in [1.82, 2.24) is 9.97 Å². The third-order valence-corrected chi connectivity index (χ3v) is 5.06. The summed E-state index contributed by atoms with van der Waals surface area (Å²) in [6.45, 7) is 7.11. The van der Waals surface area contributed by atoms with Gasteiger partial charge < -0.3 is 14.2 Å². The van der Waals surface area contributed by atoms with E-state index in [-0.39, 0.29) is 29.5 Å². The van der Waals surface area contributed by atoms with Crippen molar-refractivity contribution in [2.24, 2.45) is 0 Å². The summed E-state index contributed by atoms with van der Waals surface area (Å²) in [5, 5.41) is 0.841. The van der Waals surface area contributed by atoms with Crippen LogP contribution in [0.3, 0.4) is 0 Å². The summed E-state index contributed by atoms with van der Waals surface area (Å²) in [7, 11) is 1.55. The maximum absolute atomic E-state index is 12.9. The predicted molar refractivity (Wildman–Crippen MR) is 118 cm³/mol. The highest BCUT2D eigenvalue weighted by Crippen LogP contribution is 2.38. The van der Waals surface area contributed by atoms with Crippen LogP contribution in [0.25, 0.3) is 22.0 Å². The van der Waals surface area contributed by atoms with Crippen LogP contribution in [0.15, 0.2) is 24.3 Å². The Hall–Kier alpha value is -3.19. The molecule has 3 rings (SSSR count). The Bertz CT molecular complexity index is 1130. The van der Waals surface area contributed by atoms with E-state index in [1.807, 2.05) is 12.1 Å². The number of nitrogens with zero attached hydrogens (tertiary/aromatic N) is 2. The largest absolute Gasteiger partial charge is 0.494 e. The van der Waals surface area contributed by atoms with E-state index in [2.05, 4.69) is 9.97 Å². The number of esters is 2. The normalized spacial score (nSPS) is 10.8. The van der Waals surface area contributed by atoms with Gasteiger partial charge in [0, 0.05) is 16.5 Å². The first kappa shape index (κ1) is 22.5. The molecule has 0 fully saturated rings. The standard InChI is InChI=1S/C23H23ClN2O5/c1-6-30-22(27)17-12(3)25-13(4)18(23(28)31-7-2)19(17)15-11-14-9-8-10-16(29-5)20(14)26-21(15)24/h8-11H,6-7H2,1-5H3. The van der Waals surface area contributed by atoms with Crippen molar-refractivity contribution in [3.05, 3.63) is 51.9 Å². The molecule has 0 spiro atoms. The van der Waals surface area contributed by atoms with Gasteiger partial charge in [-0.05, 0) is 39.8 Å². The maximum Gasteiger partial charge on any atom is 0.340 e. The minimum atomic E-state index is -0.602. The lowest BCUT2D eigenvalue weighted by atomic mass is 9.92. The predicted octanol–water partition coefficient (Wildman–Crippen LogP) is 4.93. The summed E-state index contributed by atoms with van der Waals surface area (Å²) >= 11 is 6.59. The monoisotopic (exact) mass is 442 g/mol. The number of aromatic nitrogens is 2. The van der Waals surface area contributed by atoms with Gasteiger partial charge in [0.1, 0.15) is 16.4 Å². The molecule has 0 radical (unpaired) electrons. The number of methoxy groups -OCH3 is 1. The summed E-state index contributed by atoms with van der Waals surface area (Å²) in [5.74, 6) is -0.644. The van der Waals surface area contributed by atoms with E-state index in [4.69, 9.17) is 25.8 Å². The number of halogens is 1. The zero-order chi connectivity index (χ0) is 22.7. The molecule has 31 heavy (non-hydrogen) atoms. The van der Waals surface area contributed by atoms with Gasteiger partial charge in [-0.15, -0.1) is 0 Å². The molecule has 162 valence electrons. The molecule has 0 aliphatic heterocycles. The van der Waals surface area contributed by atoms with Gasteiger partial charge in [0.2, 0.25) is 0 Å². The fourth-order valence-electron chi connectivity index (χ4n) is 3.51. The molecule has 1 aromatic carbocycles. The number of benzene rings is 1. The van der Waals surface area contributed by atoms with Gasteiger partial charge in [0.25, 0.3) is 0 Å². The van der Waals surface area contributed by atoms with Crippen molar-refractivity contribution in [2.75, 3.05) is 20.3 Å². The van der Waals surface area contributed by atoms with Crippen molar-refractivity contribution in [3.8, 4) is 16.9 Å². The van der Waals surface area contributed by atoms with E-state index < -0.39 is 11.9 Å². The van der Waals surface area contributed by atoms with Crippen LogP contribution in [0.4, 0.5) is 0 Å². The molecule has 7 nitrogen and oxygen atoms in total. The summed E-state index contributed by atoms with van der Waals surface area (Å²) in [5.41, 5.74) is 2.41. The third kappa shape index (κ3) is 4.18. The number of ether oxygens (including phenoxy) is 3. The van der Waals surface area contributed by atoms with Gasteiger partial charge in [0.15, 0.2) is 0 Å². The second-order valence-electron chi connectivity index (χ2n) is 6.71. The molecule has 0 saturated carbocycles. The highest BCUT2D eigenvalue weighted by Gasteiger charge is 2.29. The van der Waals surface area contributed by atoms with Crippen LogP contribution < -0.4 is 4.74 Å². The van der Waals surface area contributed by atoms with Crippen molar-refractivity contribution >= 4 is 34.4 Å². The SMILES string of the molecule is CCOC(=O)c1c(C)nc(C)c(C(=O)OCC)c1-c1cc2cccc(OC)c2nc1Cl. The third-order valence-electron chi connectivity index (χ3n) is 4.77. The summed E-state index contributed by atoms with van der Waals surface area (Å²) in [6.07, 6.45) is 0. The molecule has 0 unspecified atom stereocenters. The van der Waals surface area contributed by atoms with Crippen molar-refractivity contribution in [3.63, 3.8) is 0 Å². The molecule has 0 amide bonds. The Morgan fingerprint density at radius 2 is 1.55 bits per heavy atom. The van der Waals surface area contributed by atoms with E-state index in [9.17, 15) is 9.59 Å². The Kier molecular flexibility index (Phi) is 6.75. The number of para-hydroxylation sites is 1. The number of fused-ring (bicyclic) bond motifs is 1. The van der Waals surface area contributed by atoms with Crippen LogP contribution in [-0.2, 0) is 9.47 Å². The second kappa shape index (κ2) is 9.31. The van der Waals surface area contributed by atoms with E-state index in [0.29, 0.717) is 33.8 Å². The van der Waals surface area contributed by atoms with E-state index in [1.54, 1.807) is 46.9 Å². The minimum absolute atomic E-state index is 0.109. The smallest absolute Gasteiger partial charge is 0.340 e. The van der Waals surface area contributed by atoms with Crippen molar-refractivity contribution in [1.29, 1.82) is 0 Å². The first-order valence-corrected chi connectivity index (χ1v) is 10.2. The van der Waals surface area contributed by atoms with Crippen LogP contribution in [0.2, 0.25) is 5.15 Å². The van der Waals surface area contributed by atoms with Crippen LogP contribution in [0, 0.1) is 13.8 Å². The van der Waals surface area contributed by atoms with Crippen LogP contribution in [0.5, 0.6) is 5.75 Å². The molecular formula is C23H23ClN2O5. The summed E-state index contributed by atoms with van der Waals surface area (Å²) in [4.78, 5) is 34.7. The number of hydrogen-bond acceptors (Lipinski definition) is 7. The molecule has 2 aromatic heterocycles. The van der Waals surface area contributed by atoms with Gasteiger partial charge >= 0.3 is 11.9 Å². The Morgan fingerprint density at radius 3 is 2.06 bits per heavy atom. The summed E-state index contributed by atoms with van der Waals surface area (Å²) in [6, 6.07) is 7.22. The minimum Gasteiger partial charge on any atom is -0.494 e. The lowest BCUT2D eigenvalue weighted by molar-refractivity contribution is 0.0525. The Morgan fingerprint density at radius 1 is 0.968 bits per heavy atom. The topological polar surface area (TPSA) is 87.6 Å². The number of pyridine rings is 2. The van der Waals surface area contributed by atoms with Crippen LogP contribution >= 0.6 is 11.6 Å². The number of aryl methyl sites for hydroxylation is 2. The van der Waals surface area contributed by atoms with E-state index in [0.717, 1.165) is 5.39 Å². The Balaban J connectivity index is 2.44. The molecule has 0 N–H and O–H groups in total. The number of rotatable bonds is 6. The van der Waals surface area contributed by atoms with E-state index in [1.165, 1.54) is 0 Å². The van der Waals surface area contributed by atoms with Gasteiger partial charge in [-0.3, -0.25) is 4.98 Å². The lowest BCUT2D eigenvalue weighted by Gasteiger charge is -2.19. The summed E-state index contributed by atoms with van der Waals surface area (Å²) < 4.78 is 15.9. The quantitative estimate of drug-likeness (QED) is 0.395. The molecule has 0 aliphatic carbocycles. The van der Waals surface area contributed by atoms with E-state index >= 15 is 0 Å². The zero-order valence-corrected chi connectivity index (χ0v) is 18.8. The highest BCUT2D eigenvalue weighted by molar-refractivity contribution is 6.33. The molecular weight excluding hydrogens is 420 g/mol. The first-order valence-electron chi connectivity index (χ1n) is 9.83. The van der Waals surface area contributed by atoms with Crippen LogP contribution in [-0.4, -0.2) is 42.2 Å². The molecule has 3 aromatic rings. The molecule has 0 bridgehead atoms. The van der Waals surface area contributed by atoms with Crippen LogP contribution in [0.1, 0.15) is 46.0 Å². The molecule has 0 atom stereocenters. The molecule has 8 heteroatoms. The number of hydrogen-bond donors (Lipinski definition) is 0. The van der Waals surface area contributed by atoms with Crippen molar-refractivity contribution < 1.29 is 23.8 Å². The average molecular weight is 443 g/mol. The number of carbonyl (C=O) groups excluding carboxylic acids is 2. The fourth-order valence-corrected chi connectivity index (χ4v) is 3.75. The number of carbonyl (C=O) groups is 2.